The van der Waals surface area contributed by atoms with E-state index >= 15 is 0 Å². The van der Waals surface area contributed by atoms with E-state index in [1.54, 1.807) is 19.1 Å². The van der Waals surface area contributed by atoms with Crippen LogP contribution in [0.1, 0.15) is 11.3 Å². The van der Waals surface area contributed by atoms with Crippen LogP contribution in [-0.2, 0) is 0 Å². The molecule has 0 unspecified atom stereocenters. The summed E-state index contributed by atoms with van der Waals surface area (Å²) in [6.45, 7) is 1.75. The van der Waals surface area contributed by atoms with Crippen molar-refractivity contribution in [2.24, 2.45) is 0 Å². The number of nitriles is 1. The normalized spacial score (nSPS) is 10.7. The van der Waals surface area contributed by atoms with E-state index in [9.17, 15) is 10.1 Å². The van der Waals surface area contributed by atoms with Gasteiger partial charge < -0.3 is 4.42 Å². The molecular formula is C14H8N2O2. The quantitative estimate of drug-likeness (QED) is 0.444. The Kier molecular flexibility index (Phi) is 2.14. The van der Waals surface area contributed by atoms with Gasteiger partial charge in [-0.05, 0) is 13.0 Å². The fourth-order valence-electron chi connectivity index (χ4n) is 2.09. The maximum atomic E-state index is 11.9. The van der Waals surface area contributed by atoms with Crippen LogP contribution in [0, 0.1) is 18.3 Å². The molecule has 86 valence electrons. The second kappa shape index (κ2) is 3.67. The van der Waals surface area contributed by atoms with E-state index in [0.29, 0.717) is 27.6 Å². The van der Waals surface area contributed by atoms with Gasteiger partial charge in [0, 0.05) is 17.0 Å². The van der Waals surface area contributed by atoms with Gasteiger partial charge in [0.2, 0.25) is 0 Å². The van der Waals surface area contributed by atoms with E-state index < -0.39 is 5.63 Å². The van der Waals surface area contributed by atoms with E-state index in [1.165, 1.54) is 6.20 Å². The third-order valence-electron chi connectivity index (χ3n) is 2.96. The molecule has 0 aliphatic carbocycles. The van der Waals surface area contributed by atoms with Gasteiger partial charge in [0.25, 0.3) is 0 Å². The lowest BCUT2D eigenvalue weighted by molar-refractivity contribution is 0.569. The topological polar surface area (TPSA) is 66.9 Å². The molecule has 0 bridgehead atoms. The minimum atomic E-state index is -0.465. The molecule has 0 aliphatic rings. The summed E-state index contributed by atoms with van der Waals surface area (Å²) in [6, 6.07) is 9.30. The molecule has 4 nitrogen and oxygen atoms in total. The highest BCUT2D eigenvalue weighted by molar-refractivity contribution is 6.07. The third-order valence-corrected chi connectivity index (χ3v) is 2.96. The monoisotopic (exact) mass is 236 g/mol. The molecule has 0 spiro atoms. The van der Waals surface area contributed by atoms with Crippen LogP contribution in [0.3, 0.4) is 0 Å². The summed E-state index contributed by atoms with van der Waals surface area (Å²) in [6.07, 6.45) is 1.46. The van der Waals surface area contributed by atoms with Crippen molar-refractivity contribution in [1.29, 1.82) is 5.26 Å². The van der Waals surface area contributed by atoms with Crippen molar-refractivity contribution in [3.63, 3.8) is 0 Å². The molecule has 0 fully saturated rings. The van der Waals surface area contributed by atoms with Crippen LogP contribution in [-0.4, -0.2) is 4.98 Å². The average molecular weight is 236 g/mol. The molecule has 3 rings (SSSR count). The number of fused-ring (bicyclic) bond motifs is 3. The Labute approximate surface area is 102 Å². The van der Waals surface area contributed by atoms with Gasteiger partial charge in [-0.1, -0.05) is 18.2 Å². The zero-order valence-corrected chi connectivity index (χ0v) is 9.60. The van der Waals surface area contributed by atoms with E-state index in [1.807, 2.05) is 12.1 Å². The molecule has 0 aliphatic heterocycles. The summed E-state index contributed by atoms with van der Waals surface area (Å²) >= 11 is 0. The predicted molar refractivity (Wildman–Crippen MR) is 67.2 cm³/mol. The van der Waals surface area contributed by atoms with Crippen LogP contribution in [0.5, 0.6) is 0 Å². The Balaban J connectivity index is 2.74. The zero-order valence-electron chi connectivity index (χ0n) is 9.60. The minimum absolute atomic E-state index is 0.343. The summed E-state index contributed by atoms with van der Waals surface area (Å²) in [5, 5.41) is 11.0. The van der Waals surface area contributed by atoms with Gasteiger partial charge in [0.05, 0.1) is 16.6 Å². The van der Waals surface area contributed by atoms with Crippen molar-refractivity contribution in [2.75, 3.05) is 0 Å². The maximum absolute atomic E-state index is 11.9. The summed E-state index contributed by atoms with van der Waals surface area (Å²) < 4.78 is 5.21. The highest BCUT2D eigenvalue weighted by Gasteiger charge is 2.13. The van der Waals surface area contributed by atoms with Gasteiger partial charge in [-0.15, -0.1) is 0 Å². The second-order valence-corrected chi connectivity index (χ2v) is 4.00. The molecule has 0 amide bonds. The van der Waals surface area contributed by atoms with Crippen LogP contribution < -0.4 is 5.63 Å². The zero-order chi connectivity index (χ0) is 12.7. The molecule has 18 heavy (non-hydrogen) atoms. The SMILES string of the molecule is Cc1ncc2c(=O)oc3ccccc3c2c1C#N. The van der Waals surface area contributed by atoms with Crippen LogP contribution in [0.4, 0.5) is 0 Å². The summed E-state index contributed by atoms with van der Waals surface area (Å²) in [7, 11) is 0. The Morgan fingerprint density at radius 2 is 2.06 bits per heavy atom. The molecular weight excluding hydrogens is 228 g/mol. The minimum Gasteiger partial charge on any atom is -0.422 e. The van der Waals surface area contributed by atoms with Crippen molar-refractivity contribution < 1.29 is 4.42 Å². The molecule has 0 saturated carbocycles. The number of hydrogen-bond donors (Lipinski definition) is 0. The Bertz CT molecular complexity index is 872. The van der Waals surface area contributed by atoms with E-state index in [4.69, 9.17) is 4.42 Å². The molecule has 0 N–H and O–H groups in total. The van der Waals surface area contributed by atoms with E-state index in [0.717, 1.165) is 5.39 Å². The fourth-order valence-corrected chi connectivity index (χ4v) is 2.09. The van der Waals surface area contributed by atoms with Crippen LogP contribution >= 0.6 is 0 Å². The standard InChI is InChI=1S/C14H8N2O2/c1-8-10(6-15)13-9-4-2-3-5-12(9)18-14(17)11(13)7-16-8/h2-5,7H,1H3. The van der Waals surface area contributed by atoms with E-state index in [2.05, 4.69) is 11.1 Å². The lowest BCUT2D eigenvalue weighted by Gasteiger charge is -2.05. The Morgan fingerprint density at radius 3 is 2.83 bits per heavy atom. The third kappa shape index (κ3) is 1.31. The molecule has 3 aromatic rings. The smallest absolute Gasteiger partial charge is 0.345 e. The predicted octanol–water partition coefficient (Wildman–Crippen LogP) is 2.52. The first kappa shape index (κ1) is 10.5. The van der Waals surface area contributed by atoms with Gasteiger partial charge in [-0.25, -0.2) is 4.79 Å². The van der Waals surface area contributed by atoms with Crippen molar-refractivity contribution in [3.05, 3.63) is 52.1 Å². The number of rotatable bonds is 0. The van der Waals surface area contributed by atoms with Gasteiger partial charge in [-0.3, -0.25) is 4.98 Å². The first-order chi connectivity index (χ1) is 8.72. The summed E-state index contributed by atoms with van der Waals surface area (Å²) in [5.41, 5.74) is 1.06. The Morgan fingerprint density at radius 1 is 1.28 bits per heavy atom. The molecule has 0 atom stereocenters. The lowest BCUT2D eigenvalue weighted by Crippen LogP contribution is -2.03. The summed E-state index contributed by atoms with van der Waals surface area (Å²) in [4.78, 5) is 15.9. The largest absolute Gasteiger partial charge is 0.422 e. The number of aromatic nitrogens is 1. The molecule has 4 heteroatoms. The van der Waals surface area contributed by atoms with Crippen molar-refractivity contribution in [3.8, 4) is 6.07 Å². The number of nitrogens with zero attached hydrogens (tertiary/aromatic N) is 2. The highest BCUT2D eigenvalue weighted by Crippen LogP contribution is 2.26. The maximum Gasteiger partial charge on any atom is 0.345 e. The van der Waals surface area contributed by atoms with Gasteiger partial charge in [-0.2, -0.15) is 5.26 Å². The Hall–Kier alpha value is -2.67. The van der Waals surface area contributed by atoms with Gasteiger partial charge in [0.15, 0.2) is 0 Å². The number of para-hydroxylation sites is 1. The highest BCUT2D eigenvalue weighted by atomic mass is 16.4. The molecule has 0 radical (unpaired) electrons. The van der Waals surface area contributed by atoms with E-state index in [-0.39, 0.29) is 0 Å². The van der Waals surface area contributed by atoms with Crippen LogP contribution in [0.25, 0.3) is 21.7 Å². The second-order valence-electron chi connectivity index (χ2n) is 4.00. The van der Waals surface area contributed by atoms with Crippen molar-refractivity contribution in [1.82, 2.24) is 4.98 Å². The molecule has 0 saturated heterocycles. The van der Waals surface area contributed by atoms with Gasteiger partial charge >= 0.3 is 5.63 Å². The fraction of sp³-hybridized carbons (Fsp3) is 0.0714. The first-order valence-corrected chi connectivity index (χ1v) is 5.43. The van der Waals surface area contributed by atoms with Crippen molar-refractivity contribution in [2.45, 2.75) is 6.92 Å². The number of benzene rings is 1. The molecule has 2 aromatic heterocycles. The van der Waals surface area contributed by atoms with Crippen LogP contribution in [0.15, 0.2) is 39.7 Å². The number of hydrogen-bond acceptors (Lipinski definition) is 4. The number of pyridine rings is 1. The van der Waals surface area contributed by atoms with Crippen LogP contribution in [0.2, 0.25) is 0 Å². The first-order valence-electron chi connectivity index (χ1n) is 5.43. The van der Waals surface area contributed by atoms with Gasteiger partial charge in [0.1, 0.15) is 11.7 Å². The average Bonchev–Trinajstić information content (AvgIpc) is 2.38. The molecule has 1 aromatic carbocycles. The number of aryl methyl sites for hydroxylation is 1. The van der Waals surface area contributed by atoms with Crippen molar-refractivity contribution >= 4 is 21.7 Å². The lowest BCUT2D eigenvalue weighted by atomic mass is 10.0. The summed E-state index contributed by atoms with van der Waals surface area (Å²) in [5.74, 6) is 0. The molecule has 2 heterocycles.